The molecule has 134 valence electrons. The Morgan fingerprint density at radius 2 is 1.27 bits per heavy atom. The maximum Gasteiger partial charge on any atom is 0.0760 e. The molecule has 3 aromatic carbocycles. The van der Waals surface area contributed by atoms with Crippen LogP contribution in [0.1, 0.15) is 36.0 Å². The van der Waals surface area contributed by atoms with E-state index in [-0.39, 0.29) is 4.32 Å². The fraction of sp³-hybridized carbons (Fsp3) is 0.250. The molecule has 0 bridgehead atoms. The topological polar surface area (TPSA) is 3.24 Å². The molecule has 3 rings (SSSR count). The highest BCUT2D eigenvalue weighted by atomic mass is 79.9. The number of alkyl halides is 1. The highest BCUT2D eigenvalue weighted by molar-refractivity contribution is 9.09. The fourth-order valence-corrected chi connectivity index (χ4v) is 4.46. The molecular weight excluding hydrogens is 382 g/mol. The van der Waals surface area contributed by atoms with Gasteiger partial charge in [0.25, 0.3) is 0 Å². The van der Waals surface area contributed by atoms with Crippen molar-refractivity contribution in [3.63, 3.8) is 0 Å². The van der Waals surface area contributed by atoms with Crippen molar-refractivity contribution in [2.75, 3.05) is 19.0 Å². The second-order valence-corrected chi connectivity index (χ2v) is 8.48. The molecule has 0 radical (unpaired) electrons. The average Bonchev–Trinajstić information content (AvgIpc) is 2.69. The van der Waals surface area contributed by atoms with Gasteiger partial charge in [-0.3, -0.25) is 0 Å². The molecule has 0 heterocycles. The van der Waals surface area contributed by atoms with E-state index in [4.69, 9.17) is 0 Å². The zero-order chi connectivity index (χ0) is 18.6. The molecule has 2 heteroatoms. The van der Waals surface area contributed by atoms with Crippen molar-refractivity contribution in [1.29, 1.82) is 0 Å². The van der Waals surface area contributed by atoms with E-state index < -0.39 is 0 Å². The lowest BCUT2D eigenvalue weighted by Crippen LogP contribution is -2.22. The van der Waals surface area contributed by atoms with Gasteiger partial charge in [-0.1, -0.05) is 95.7 Å². The van der Waals surface area contributed by atoms with Crippen LogP contribution in [-0.4, -0.2) is 14.1 Å². The third kappa shape index (κ3) is 4.02. The number of nitrogens with zero attached hydrogens (tertiary/aromatic N) is 1. The molecule has 2 atom stereocenters. The van der Waals surface area contributed by atoms with E-state index in [9.17, 15) is 0 Å². The molecule has 0 aliphatic rings. The summed E-state index contributed by atoms with van der Waals surface area (Å²) in [5.41, 5.74) is 5.17. The largest absolute Gasteiger partial charge is 0.378 e. The molecule has 0 aliphatic heterocycles. The summed E-state index contributed by atoms with van der Waals surface area (Å²) in [5.74, 6) is 0.435. The van der Waals surface area contributed by atoms with E-state index in [2.05, 4.69) is 127 Å². The molecule has 0 fully saturated rings. The molecule has 0 spiro atoms. The summed E-state index contributed by atoms with van der Waals surface area (Å²) < 4.78 is -0.214. The third-order valence-corrected chi connectivity index (χ3v) is 6.27. The third-order valence-electron chi connectivity index (χ3n) is 5.03. The van der Waals surface area contributed by atoms with Gasteiger partial charge in [-0.2, -0.15) is 0 Å². The van der Waals surface area contributed by atoms with E-state index in [1.807, 2.05) is 0 Å². The van der Waals surface area contributed by atoms with Crippen molar-refractivity contribution < 1.29 is 0 Å². The molecule has 0 amide bonds. The van der Waals surface area contributed by atoms with Crippen molar-refractivity contribution in [1.82, 2.24) is 0 Å². The van der Waals surface area contributed by atoms with Gasteiger partial charge in [-0.15, -0.1) is 0 Å². The Labute approximate surface area is 165 Å². The minimum Gasteiger partial charge on any atom is -0.378 e. The van der Waals surface area contributed by atoms with Gasteiger partial charge in [0, 0.05) is 19.8 Å². The maximum atomic E-state index is 4.15. The Hall–Kier alpha value is -2.06. The molecule has 0 saturated carbocycles. The second-order valence-electron chi connectivity index (χ2n) is 7.12. The number of halogens is 1. The lowest BCUT2D eigenvalue weighted by molar-refractivity contribution is 0.587. The molecule has 0 saturated heterocycles. The summed E-state index contributed by atoms with van der Waals surface area (Å²) >= 11 is 4.15. The van der Waals surface area contributed by atoms with Gasteiger partial charge in [0.05, 0.1) is 4.32 Å². The van der Waals surface area contributed by atoms with Gasteiger partial charge in [0.1, 0.15) is 0 Å². The monoisotopic (exact) mass is 407 g/mol. The van der Waals surface area contributed by atoms with Crippen LogP contribution in [0.3, 0.4) is 0 Å². The Kier molecular flexibility index (Phi) is 5.83. The highest BCUT2D eigenvalue weighted by Gasteiger charge is 2.33. The minimum absolute atomic E-state index is 0.214. The van der Waals surface area contributed by atoms with Crippen LogP contribution >= 0.6 is 15.9 Å². The zero-order valence-corrected chi connectivity index (χ0v) is 17.3. The Morgan fingerprint density at radius 3 is 1.81 bits per heavy atom. The second kappa shape index (κ2) is 8.09. The van der Waals surface area contributed by atoms with Crippen molar-refractivity contribution in [2.45, 2.75) is 23.6 Å². The van der Waals surface area contributed by atoms with Gasteiger partial charge >= 0.3 is 0 Å². The Morgan fingerprint density at radius 1 is 0.769 bits per heavy atom. The zero-order valence-electron chi connectivity index (χ0n) is 15.7. The van der Waals surface area contributed by atoms with Crippen LogP contribution in [-0.2, 0) is 4.32 Å². The van der Waals surface area contributed by atoms with Gasteiger partial charge in [0.2, 0.25) is 0 Å². The Bertz CT molecular complexity index is 812. The molecule has 3 aromatic rings. The predicted octanol–water partition coefficient (Wildman–Crippen LogP) is 6.58. The van der Waals surface area contributed by atoms with Crippen LogP contribution in [0.2, 0.25) is 0 Å². The van der Waals surface area contributed by atoms with Gasteiger partial charge in [-0.25, -0.2) is 0 Å². The molecule has 2 unspecified atom stereocenters. The van der Waals surface area contributed by atoms with Gasteiger partial charge in [-0.05, 0) is 41.2 Å². The van der Waals surface area contributed by atoms with E-state index in [0.717, 1.165) is 6.42 Å². The normalized spacial score (nSPS) is 14.5. The standard InChI is InChI=1S/C24H26BrN/c1-19(20-10-6-4-7-11-20)18-24(25,21-12-8-5-9-13-21)22-14-16-23(17-15-22)26(2)3/h4-17,19H,18H2,1-3H3. The van der Waals surface area contributed by atoms with Gasteiger partial charge < -0.3 is 4.90 Å². The fourth-order valence-electron chi connectivity index (χ4n) is 3.45. The first-order chi connectivity index (χ1) is 12.5. The number of hydrogen-bond donors (Lipinski definition) is 0. The van der Waals surface area contributed by atoms with Crippen LogP contribution in [0, 0.1) is 0 Å². The van der Waals surface area contributed by atoms with E-state index in [1.165, 1.54) is 22.4 Å². The molecule has 0 aromatic heterocycles. The lowest BCUT2D eigenvalue weighted by Gasteiger charge is -2.32. The van der Waals surface area contributed by atoms with Gasteiger partial charge in [0.15, 0.2) is 0 Å². The minimum atomic E-state index is -0.214. The smallest absolute Gasteiger partial charge is 0.0760 e. The highest BCUT2D eigenvalue weighted by Crippen LogP contribution is 2.46. The van der Waals surface area contributed by atoms with Crippen LogP contribution in [0.25, 0.3) is 0 Å². The summed E-state index contributed by atoms with van der Waals surface area (Å²) in [5, 5.41) is 0. The summed E-state index contributed by atoms with van der Waals surface area (Å²) in [7, 11) is 4.15. The Balaban J connectivity index is 2.00. The SMILES string of the molecule is CC(CC(Br)(c1ccccc1)c1ccc(N(C)C)cc1)c1ccccc1. The summed E-state index contributed by atoms with van der Waals surface area (Å²) in [6.45, 7) is 2.31. The number of anilines is 1. The summed E-state index contributed by atoms with van der Waals surface area (Å²) in [6, 6.07) is 30.4. The lowest BCUT2D eigenvalue weighted by atomic mass is 9.81. The van der Waals surface area contributed by atoms with Crippen LogP contribution in [0.15, 0.2) is 84.9 Å². The quantitative estimate of drug-likeness (QED) is 0.416. The van der Waals surface area contributed by atoms with Crippen LogP contribution in [0.5, 0.6) is 0 Å². The average molecular weight is 408 g/mol. The molecule has 0 N–H and O–H groups in total. The molecule has 1 nitrogen and oxygen atoms in total. The van der Waals surface area contributed by atoms with Crippen LogP contribution < -0.4 is 4.90 Å². The molecule has 26 heavy (non-hydrogen) atoms. The number of hydrogen-bond acceptors (Lipinski definition) is 1. The van der Waals surface area contributed by atoms with Crippen molar-refractivity contribution in [3.05, 3.63) is 102 Å². The maximum absolute atomic E-state index is 4.15. The summed E-state index contributed by atoms with van der Waals surface area (Å²) in [4.78, 5) is 2.13. The number of rotatable bonds is 6. The van der Waals surface area contributed by atoms with E-state index in [1.54, 1.807) is 0 Å². The molecular formula is C24H26BrN. The van der Waals surface area contributed by atoms with E-state index in [0.29, 0.717) is 5.92 Å². The van der Waals surface area contributed by atoms with E-state index >= 15 is 0 Å². The van der Waals surface area contributed by atoms with Crippen molar-refractivity contribution in [3.8, 4) is 0 Å². The number of benzene rings is 3. The van der Waals surface area contributed by atoms with Crippen molar-refractivity contribution in [2.24, 2.45) is 0 Å². The first kappa shape index (κ1) is 18.7. The summed E-state index contributed by atoms with van der Waals surface area (Å²) in [6.07, 6.45) is 0.988. The van der Waals surface area contributed by atoms with Crippen molar-refractivity contribution >= 4 is 21.6 Å². The first-order valence-corrected chi connectivity index (χ1v) is 9.87. The van der Waals surface area contributed by atoms with Crippen LogP contribution in [0.4, 0.5) is 5.69 Å². The predicted molar refractivity (Wildman–Crippen MR) is 116 cm³/mol. The molecule has 0 aliphatic carbocycles. The first-order valence-electron chi connectivity index (χ1n) is 9.08.